The van der Waals surface area contributed by atoms with Gasteiger partial charge in [0.1, 0.15) is 5.75 Å². The van der Waals surface area contributed by atoms with Crippen LogP contribution in [0.25, 0.3) is 0 Å². The van der Waals surface area contributed by atoms with Crippen molar-refractivity contribution in [3.05, 3.63) is 65.7 Å². The molecule has 5 heteroatoms. The number of ether oxygens (including phenoxy) is 1. The van der Waals surface area contributed by atoms with Crippen molar-refractivity contribution in [2.45, 2.75) is 38.6 Å². The van der Waals surface area contributed by atoms with Crippen molar-refractivity contribution in [2.75, 3.05) is 26.2 Å². The maximum absolute atomic E-state index is 12.3. The summed E-state index contributed by atoms with van der Waals surface area (Å²) in [5, 5.41) is 3.10. The zero-order valence-electron chi connectivity index (χ0n) is 17.1. The molecule has 1 heterocycles. The SMILES string of the molecule is CC(=O)c1ccc(OCC(=O)NC2CCCN(CCCc3ccccc3)C2)cc1. The van der Waals surface area contributed by atoms with E-state index in [1.54, 1.807) is 24.3 Å². The van der Waals surface area contributed by atoms with Gasteiger partial charge in [-0.25, -0.2) is 0 Å². The quantitative estimate of drug-likeness (QED) is 0.662. The van der Waals surface area contributed by atoms with Crippen LogP contribution in [0, 0.1) is 0 Å². The van der Waals surface area contributed by atoms with E-state index in [0.717, 1.165) is 45.3 Å². The molecule has 1 N–H and O–H groups in total. The van der Waals surface area contributed by atoms with Crippen molar-refractivity contribution >= 4 is 11.7 Å². The maximum atomic E-state index is 12.3. The number of rotatable bonds is 9. The van der Waals surface area contributed by atoms with Crippen LogP contribution in [0.3, 0.4) is 0 Å². The van der Waals surface area contributed by atoms with Crippen molar-refractivity contribution in [3.63, 3.8) is 0 Å². The fraction of sp³-hybridized carbons (Fsp3) is 0.417. The minimum atomic E-state index is -0.100. The summed E-state index contributed by atoms with van der Waals surface area (Å²) in [6, 6.07) is 17.6. The van der Waals surface area contributed by atoms with Crippen molar-refractivity contribution in [2.24, 2.45) is 0 Å². The number of aryl methyl sites for hydroxylation is 1. The lowest BCUT2D eigenvalue weighted by atomic mass is 10.0. The molecule has 1 unspecified atom stereocenters. The Labute approximate surface area is 173 Å². The van der Waals surface area contributed by atoms with Crippen LogP contribution in [0.4, 0.5) is 0 Å². The first-order chi connectivity index (χ1) is 14.1. The number of hydrogen-bond donors (Lipinski definition) is 1. The highest BCUT2D eigenvalue weighted by Crippen LogP contribution is 2.14. The summed E-state index contributed by atoms with van der Waals surface area (Å²) in [5.74, 6) is 0.507. The van der Waals surface area contributed by atoms with Gasteiger partial charge in [0.2, 0.25) is 0 Å². The number of Topliss-reactive ketones (excluding diaryl/α,β-unsaturated/α-hetero) is 1. The fourth-order valence-corrected chi connectivity index (χ4v) is 3.73. The van der Waals surface area contributed by atoms with E-state index < -0.39 is 0 Å². The predicted molar refractivity (Wildman–Crippen MR) is 114 cm³/mol. The molecule has 0 spiro atoms. The number of carbonyl (C=O) groups is 2. The molecule has 29 heavy (non-hydrogen) atoms. The zero-order valence-corrected chi connectivity index (χ0v) is 17.1. The number of benzene rings is 2. The molecule has 0 aromatic heterocycles. The molecule has 1 atom stereocenters. The summed E-state index contributed by atoms with van der Waals surface area (Å²) >= 11 is 0. The van der Waals surface area contributed by atoms with Crippen molar-refractivity contribution in [1.29, 1.82) is 0 Å². The number of nitrogens with zero attached hydrogens (tertiary/aromatic N) is 1. The third-order valence-corrected chi connectivity index (χ3v) is 5.28. The Bertz CT molecular complexity index is 790. The van der Waals surface area contributed by atoms with E-state index in [1.807, 2.05) is 6.07 Å². The fourth-order valence-electron chi connectivity index (χ4n) is 3.73. The molecule has 1 amide bonds. The summed E-state index contributed by atoms with van der Waals surface area (Å²) in [4.78, 5) is 26.0. The van der Waals surface area contributed by atoms with E-state index in [9.17, 15) is 9.59 Å². The Balaban J connectivity index is 1.36. The second-order valence-electron chi connectivity index (χ2n) is 7.67. The van der Waals surface area contributed by atoms with Crippen molar-refractivity contribution < 1.29 is 14.3 Å². The molecule has 0 radical (unpaired) electrons. The van der Waals surface area contributed by atoms with Crippen LogP contribution < -0.4 is 10.1 Å². The summed E-state index contributed by atoms with van der Waals surface area (Å²) in [7, 11) is 0. The van der Waals surface area contributed by atoms with Gasteiger partial charge in [-0.15, -0.1) is 0 Å². The van der Waals surface area contributed by atoms with Gasteiger partial charge in [0, 0.05) is 18.2 Å². The molecule has 3 rings (SSSR count). The van der Waals surface area contributed by atoms with Gasteiger partial charge in [0.05, 0.1) is 0 Å². The van der Waals surface area contributed by atoms with Gasteiger partial charge in [-0.05, 0) is 75.5 Å². The van der Waals surface area contributed by atoms with Crippen molar-refractivity contribution in [1.82, 2.24) is 10.2 Å². The molecule has 154 valence electrons. The second kappa shape index (κ2) is 10.8. The molecule has 2 aromatic carbocycles. The molecule has 0 saturated carbocycles. The molecule has 2 aromatic rings. The average Bonchev–Trinajstić information content (AvgIpc) is 2.74. The zero-order chi connectivity index (χ0) is 20.5. The highest BCUT2D eigenvalue weighted by Gasteiger charge is 2.21. The largest absolute Gasteiger partial charge is 0.484 e. The highest BCUT2D eigenvalue weighted by atomic mass is 16.5. The molecule has 1 aliphatic heterocycles. The summed E-state index contributed by atoms with van der Waals surface area (Å²) in [6.45, 7) is 4.57. The molecular formula is C24H30N2O3. The van der Waals surface area contributed by atoms with Crippen LogP contribution in [-0.2, 0) is 11.2 Å². The van der Waals surface area contributed by atoms with Crippen LogP contribution in [0.2, 0.25) is 0 Å². The van der Waals surface area contributed by atoms with E-state index >= 15 is 0 Å². The first-order valence-electron chi connectivity index (χ1n) is 10.4. The Hall–Kier alpha value is -2.66. The topological polar surface area (TPSA) is 58.6 Å². The molecular weight excluding hydrogens is 364 g/mol. The van der Waals surface area contributed by atoms with Crippen LogP contribution in [0.1, 0.15) is 42.1 Å². The number of ketones is 1. The molecule has 1 aliphatic rings. The van der Waals surface area contributed by atoms with Gasteiger partial charge in [-0.2, -0.15) is 0 Å². The van der Waals surface area contributed by atoms with Crippen LogP contribution in [0.5, 0.6) is 5.75 Å². The minimum absolute atomic E-state index is 0.00999. The van der Waals surface area contributed by atoms with Crippen LogP contribution >= 0.6 is 0 Å². The number of amides is 1. The smallest absolute Gasteiger partial charge is 0.258 e. The summed E-state index contributed by atoms with van der Waals surface area (Å²) < 4.78 is 5.55. The number of hydrogen-bond acceptors (Lipinski definition) is 4. The Morgan fingerprint density at radius 3 is 2.59 bits per heavy atom. The Kier molecular flexibility index (Phi) is 7.82. The predicted octanol–water partition coefficient (Wildman–Crippen LogP) is 3.48. The second-order valence-corrected chi connectivity index (χ2v) is 7.67. The lowest BCUT2D eigenvalue weighted by Crippen LogP contribution is -2.49. The third-order valence-electron chi connectivity index (χ3n) is 5.28. The van der Waals surface area contributed by atoms with Gasteiger partial charge >= 0.3 is 0 Å². The number of piperidine rings is 1. The van der Waals surface area contributed by atoms with E-state index in [-0.39, 0.29) is 24.3 Å². The number of nitrogens with one attached hydrogen (secondary N) is 1. The average molecular weight is 395 g/mol. The van der Waals surface area contributed by atoms with Gasteiger partial charge < -0.3 is 15.0 Å². The first-order valence-corrected chi connectivity index (χ1v) is 10.4. The lowest BCUT2D eigenvalue weighted by Gasteiger charge is -2.33. The lowest BCUT2D eigenvalue weighted by molar-refractivity contribution is -0.124. The third kappa shape index (κ3) is 7.02. The summed E-state index contributed by atoms with van der Waals surface area (Å²) in [5.41, 5.74) is 2.01. The molecule has 5 nitrogen and oxygen atoms in total. The van der Waals surface area contributed by atoms with Crippen LogP contribution in [0.15, 0.2) is 54.6 Å². The van der Waals surface area contributed by atoms with Crippen LogP contribution in [-0.4, -0.2) is 48.9 Å². The van der Waals surface area contributed by atoms with Gasteiger partial charge in [0.25, 0.3) is 5.91 Å². The molecule has 1 fully saturated rings. The van der Waals surface area contributed by atoms with E-state index in [0.29, 0.717) is 11.3 Å². The molecule has 0 bridgehead atoms. The Morgan fingerprint density at radius 2 is 1.86 bits per heavy atom. The highest BCUT2D eigenvalue weighted by molar-refractivity contribution is 5.94. The number of likely N-dealkylation sites (tertiary alicyclic amines) is 1. The van der Waals surface area contributed by atoms with Gasteiger partial charge in [-0.3, -0.25) is 9.59 Å². The standard InChI is InChI=1S/C24H30N2O3/c1-19(27)21-11-13-23(14-12-21)29-18-24(28)25-22-10-6-16-26(17-22)15-5-9-20-7-3-2-4-8-20/h2-4,7-8,11-14,22H,5-6,9-10,15-18H2,1H3,(H,25,28). The summed E-state index contributed by atoms with van der Waals surface area (Å²) in [6.07, 6.45) is 4.33. The van der Waals surface area contributed by atoms with E-state index in [4.69, 9.17) is 4.74 Å². The van der Waals surface area contributed by atoms with E-state index in [1.165, 1.54) is 12.5 Å². The van der Waals surface area contributed by atoms with Crippen molar-refractivity contribution in [3.8, 4) is 5.75 Å². The normalized spacial score (nSPS) is 16.9. The minimum Gasteiger partial charge on any atom is -0.484 e. The maximum Gasteiger partial charge on any atom is 0.258 e. The van der Waals surface area contributed by atoms with E-state index in [2.05, 4.69) is 34.5 Å². The monoisotopic (exact) mass is 394 g/mol. The molecule has 1 saturated heterocycles. The molecule has 0 aliphatic carbocycles. The number of carbonyl (C=O) groups excluding carboxylic acids is 2. The van der Waals surface area contributed by atoms with Gasteiger partial charge in [-0.1, -0.05) is 30.3 Å². The Morgan fingerprint density at radius 1 is 1.10 bits per heavy atom. The first kappa shape index (κ1) is 21.1. The van der Waals surface area contributed by atoms with Gasteiger partial charge in [0.15, 0.2) is 12.4 Å².